The van der Waals surface area contributed by atoms with Crippen molar-refractivity contribution >= 4 is 29.9 Å². The lowest BCUT2D eigenvalue weighted by atomic mass is 10.1. The topological polar surface area (TPSA) is 55.1 Å². The van der Waals surface area contributed by atoms with Gasteiger partial charge in [0.25, 0.3) is 0 Å². The number of benzene rings is 1. The average molecular weight is 263 g/mol. The maximum atomic E-state index is 11.1. The van der Waals surface area contributed by atoms with Crippen molar-refractivity contribution in [1.29, 1.82) is 0 Å². The fraction of sp³-hybridized carbons (Fsp3) is 0.364. The minimum Gasteiger partial charge on any atom is -0.354 e. The molecular formula is C11H16Cl2N2O. The van der Waals surface area contributed by atoms with Gasteiger partial charge in [-0.15, -0.1) is 12.4 Å². The molecule has 3 nitrogen and oxygen atoms in total. The summed E-state index contributed by atoms with van der Waals surface area (Å²) < 4.78 is 0. The zero-order valence-electron chi connectivity index (χ0n) is 9.07. The highest BCUT2D eigenvalue weighted by molar-refractivity contribution is 6.30. The van der Waals surface area contributed by atoms with Crippen molar-refractivity contribution in [2.24, 2.45) is 5.73 Å². The molecule has 0 aliphatic carbocycles. The fourth-order valence-electron chi connectivity index (χ4n) is 1.14. The van der Waals surface area contributed by atoms with E-state index in [2.05, 4.69) is 5.32 Å². The molecule has 16 heavy (non-hydrogen) atoms. The molecule has 0 radical (unpaired) electrons. The van der Waals surface area contributed by atoms with Gasteiger partial charge in [-0.2, -0.15) is 0 Å². The Morgan fingerprint density at radius 1 is 1.44 bits per heavy atom. The molecule has 5 heteroatoms. The minimum absolute atomic E-state index is 0. The molecule has 0 spiro atoms. The standard InChI is InChI=1S/C11H15ClN2O.ClH/c1-8(13)11(15)14-7-6-9-2-4-10(12)5-3-9;/h2-5,8H,6-7,13H2,1H3,(H,14,15);1H/t8-;/m1./s1. The summed E-state index contributed by atoms with van der Waals surface area (Å²) in [7, 11) is 0. The van der Waals surface area contributed by atoms with Crippen LogP contribution < -0.4 is 11.1 Å². The average Bonchev–Trinajstić information content (AvgIpc) is 2.20. The van der Waals surface area contributed by atoms with Gasteiger partial charge in [-0.05, 0) is 31.0 Å². The fourth-order valence-corrected chi connectivity index (χ4v) is 1.27. The van der Waals surface area contributed by atoms with Crippen molar-refractivity contribution in [2.75, 3.05) is 6.54 Å². The maximum Gasteiger partial charge on any atom is 0.236 e. The van der Waals surface area contributed by atoms with E-state index in [0.717, 1.165) is 17.0 Å². The van der Waals surface area contributed by atoms with Crippen LogP contribution in [-0.4, -0.2) is 18.5 Å². The summed E-state index contributed by atoms with van der Waals surface area (Å²) in [6.07, 6.45) is 0.787. The molecule has 0 aliphatic heterocycles. The number of hydrogen-bond donors (Lipinski definition) is 2. The van der Waals surface area contributed by atoms with Crippen LogP contribution >= 0.6 is 24.0 Å². The predicted molar refractivity (Wildman–Crippen MR) is 69.1 cm³/mol. The quantitative estimate of drug-likeness (QED) is 0.869. The van der Waals surface area contributed by atoms with Crippen molar-refractivity contribution in [3.05, 3.63) is 34.9 Å². The molecule has 3 N–H and O–H groups in total. The number of nitrogens with one attached hydrogen (secondary N) is 1. The third kappa shape index (κ3) is 5.35. The van der Waals surface area contributed by atoms with Crippen molar-refractivity contribution in [3.8, 4) is 0 Å². The first-order valence-corrected chi connectivity index (χ1v) is 5.25. The normalized spacial score (nSPS) is 11.4. The Hall–Kier alpha value is -0.770. The lowest BCUT2D eigenvalue weighted by Gasteiger charge is -2.07. The lowest BCUT2D eigenvalue weighted by molar-refractivity contribution is -0.121. The first kappa shape index (κ1) is 15.2. The van der Waals surface area contributed by atoms with Crippen LogP contribution in [0.15, 0.2) is 24.3 Å². The molecule has 0 fully saturated rings. The van der Waals surface area contributed by atoms with E-state index in [1.807, 2.05) is 24.3 Å². The second-order valence-corrected chi connectivity index (χ2v) is 3.89. The molecule has 0 bridgehead atoms. The first-order valence-electron chi connectivity index (χ1n) is 4.87. The molecule has 0 saturated carbocycles. The molecule has 1 aromatic rings. The number of carbonyl (C=O) groups excluding carboxylic acids is 1. The number of hydrogen-bond acceptors (Lipinski definition) is 2. The number of amides is 1. The summed E-state index contributed by atoms with van der Waals surface area (Å²) >= 11 is 5.75. The Morgan fingerprint density at radius 2 is 2.00 bits per heavy atom. The third-order valence-electron chi connectivity index (χ3n) is 2.04. The van der Waals surface area contributed by atoms with Crippen LogP contribution in [-0.2, 0) is 11.2 Å². The highest BCUT2D eigenvalue weighted by atomic mass is 35.5. The van der Waals surface area contributed by atoms with Crippen molar-refractivity contribution in [1.82, 2.24) is 5.32 Å². The Balaban J connectivity index is 0.00000225. The van der Waals surface area contributed by atoms with Crippen LogP contribution in [0, 0.1) is 0 Å². The first-order chi connectivity index (χ1) is 7.09. The molecule has 1 amide bonds. The van der Waals surface area contributed by atoms with Crippen LogP contribution in [0.3, 0.4) is 0 Å². The van der Waals surface area contributed by atoms with Gasteiger partial charge in [-0.25, -0.2) is 0 Å². The van der Waals surface area contributed by atoms with E-state index in [1.165, 1.54) is 0 Å². The van der Waals surface area contributed by atoms with Crippen LogP contribution in [0.25, 0.3) is 0 Å². The van der Waals surface area contributed by atoms with Gasteiger partial charge in [0.1, 0.15) is 0 Å². The second-order valence-electron chi connectivity index (χ2n) is 3.46. The van der Waals surface area contributed by atoms with Gasteiger partial charge in [0.05, 0.1) is 6.04 Å². The number of carbonyl (C=O) groups is 1. The molecule has 0 aliphatic rings. The van der Waals surface area contributed by atoms with Gasteiger partial charge < -0.3 is 11.1 Å². The maximum absolute atomic E-state index is 11.1. The predicted octanol–water partition coefficient (Wildman–Crippen LogP) is 1.77. The summed E-state index contributed by atoms with van der Waals surface area (Å²) in [6, 6.07) is 7.12. The molecule has 1 rings (SSSR count). The summed E-state index contributed by atoms with van der Waals surface area (Å²) in [6.45, 7) is 2.26. The number of nitrogens with two attached hydrogens (primary N) is 1. The van der Waals surface area contributed by atoms with E-state index in [4.69, 9.17) is 17.3 Å². The van der Waals surface area contributed by atoms with Gasteiger partial charge in [-0.3, -0.25) is 4.79 Å². The summed E-state index contributed by atoms with van der Waals surface area (Å²) in [5.74, 6) is -0.121. The van der Waals surface area contributed by atoms with E-state index in [0.29, 0.717) is 6.54 Å². The zero-order valence-corrected chi connectivity index (χ0v) is 10.6. The van der Waals surface area contributed by atoms with Crippen molar-refractivity contribution < 1.29 is 4.79 Å². The summed E-state index contributed by atoms with van der Waals surface area (Å²) in [5, 5.41) is 3.47. The number of halogens is 2. The zero-order chi connectivity index (χ0) is 11.3. The van der Waals surface area contributed by atoms with E-state index in [1.54, 1.807) is 6.92 Å². The monoisotopic (exact) mass is 262 g/mol. The van der Waals surface area contributed by atoms with Gasteiger partial charge in [-0.1, -0.05) is 23.7 Å². The Labute approximate surface area is 107 Å². The van der Waals surface area contributed by atoms with Crippen LogP contribution in [0.1, 0.15) is 12.5 Å². The van der Waals surface area contributed by atoms with Gasteiger partial charge in [0.2, 0.25) is 5.91 Å². The highest BCUT2D eigenvalue weighted by Crippen LogP contribution is 2.09. The molecule has 90 valence electrons. The van der Waals surface area contributed by atoms with Gasteiger partial charge >= 0.3 is 0 Å². The van der Waals surface area contributed by atoms with Gasteiger partial charge in [0.15, 0.2) is 0 Å². The Bertz CT molecular complexity index is 325. The van der Waals surface area contributed by atoms with Crippen LogP contribution in [0.4, 0.5) is 0 Å². The molecule has 1 atom stereocenters. The van der Waals surface area contributed by atoms with Crippen LogP contribution in [0.5, 0.6) is 0 Å². The second kappa shape index (κ2) is 7.49. The van der Waals surface area contributed by atoms with E-state index < -0.39 is 6.04 Å². The molecule has 0 aromatic heterocycles. The Kier molecular flexibility index (Phi) is 7.13. The van der Waals surface area contributed by atoms with E-state index in [-0.39, 0.29) is 18.3 Å². The largest absolute Gasteiger partial charge is 0.354 e. The minimum atomic E-state index is -0.449. The molecule has 1 aromatic carbocycles. The third-order valence-corrected chi connectivity index (χ3v) is 2.29. The SMILES string of the molecule is C[C@@H](N)C(=O)NCCc1ccc(Cl)cc1.Cl. The number of rotatable bonds is 4. The highest BCUT2D eigenvalue weighted by Gasteiger charge is 2.05. The van der Waals surface area contributed by atoms with E-state index >= 15 is 0 Å². The molecule has 0 unspecified atom stereocenters. The smallest absolute Gasteiger partial charge is 0.236 e. The summed E-state index contributed by atoms with van der Waals surface area (Å²) in [5.41, 5.74) is 6.55. The van der Waals surface area contributed by atoms with Crippen LogP contribution in [0.2, 0.25) is 5.02 Å². The van der Waals surface area contributed by atoms with E-state index in [9.17, 15) is 4.79 Å². The van der Waals surface area contributed by atoms with Crippen molar-refractivity contribution in [3.63, 3.8) is 0 Å². The molecule has 0 heterocycles. The summed E-state index contributed by atoms with van der Waals surface area (Å²) in [4.78, 5) is 11.1. The van der Waals surface area contributed by atoms with Crippen molar-refractivity contribution in [2.45, 2.75) is 19.4 Å². The van der Waals surface area contributed by atoms with Gasteiger partial charge in [0, 0.05) is 11.6 Å². The molecule has 0 saturated heterocycles. The lowest BCUT2D eigenvalue weighted by Crippen LogP contribution is -2.39. The Morgan fingerprint density at radius 3 is 2.50 bits per heavy atom. The molecular weight excluding hydrogens is 247 g/mol.